The van der Waals surface area contributed by atoms with E-state index in [0.717, 1.165) is 22.1 Å². The van der Waals surface area contributed by atoms with E-state index in [-0.39, 0.29) is 5.91 Å². The Balaban J connectivity index is 1.75. The molecule has 0 aliphatic heterocycles. The molecule has 0 fully saturated rings. The number of amides is 1. The van der Waals surface area contributed by atoms with Gasteiger partial charge in [0.1, 0.15) is 0 Å². The van der Waals surface area contributed by atoms with Crippen molar-refractivity contribution >= 4 is 34.1 Å². The zero-order valence-electron chi connectivity index (χ0n) is 15.1. The third kappa shape index (κ3) is 3.94. The van der Waals surface area contributed by atoms with E-state index in [1.807, 2.05) is 31.4 Å². The summed E-state index contributed by atoms with van der Waals surface area (Å²) in [4.78, 5) is 17.9. The Bertz CT molecular complexity index is 920. The van der Waals surface area contributed by atoms with Gasteiger partial charge in [0, 0.05) is 24.6 Å². The van der Waals surface area contributed by atoms with Crippen molar-refractivity contribution in [2.75, 3.05) is 11.4 Å². The maximum Gasteiger partial charge on any atom is 0.225 e. The van der Waals surface area contributed by atoms with Crippen LogP contribution in [-0.4, -0.2) is 37.6 Å². The van der Waals surface area contributed by atoms with E-state index >= 15 is 0 Å². The number of nitrogens with zero attached hydrogens (tertiary/aromatic N) is 6. The Morgan fingerprint density at radius 2 is 2.15 bits per heavy atom. The van der Waals surface area contributed by atoms with Crippen molar-refractivity contribution < 1.29 is 4.79 Å². The van der Waals surface area contributed by atoms with Gasteiger partial charge in [0.15, 0.2) is 5.13 Å². The molecule has 2 heterocycles. The van der Waals surface area contributed by atoms with Crippen LogP contribution in [0.2, 0.25) is 0 Å². The van der Waals surface area contributed by atoms with Gasteiger partial charge in [-0.25, -0.2) is 4.98 Å². The average Bonchev–Trinajstić information content (AvgIpc) is 3.23. The molecular formula is C17H20N6OS2. The fourth-order valence-electron chi connectivity index (χ4n) is 2.58. The van der Waals surface area contributed by atoms with Crippen LogP contribution in [0.4, 0.5) is 5.13 Å². The number of hydrogen-bond acceptors (Lipinski definition) is 7. The molecule has 1 aromatic carbocycles. The molecule has 3 aromatic rings. The van der Waals surface area contributed by atoms with Crippen LogP contribution < -0.4 is 4.90 Å². The summed E-state index contributed by atoms with van der Waals surface area (Å²) in [5, 5.41) is 15.5. The smallest absolute Gasteiger partial charge is 0.225 e. The predicted octanol–water partition coefficient (Wildman–Crippen LogP) is 3.40. The lowest BCUT2D eigenvalue weighted by Crippen LogP contribution is -2.27. The van der Waals surface area contributed by atoms with E-state index in [1.165, 1.54) is 28.7 Å². The second-order valence-corrected chi connectivity index (χ2v) is 7.62. The van der Waals surface area contributed by atoms with Crippen LogP contribution in [0.5, 0.6) is 0 Å². The molecule has 0 radical (unpaired) electrons. The maximum atomic E-state index is 11.6. The molecule has 1 amide bonds. The summed E-state index contributed by atoms with van der Waals surface area (Å²) in [6.07, 6.45) is 0. The van der Waals surface area contributed by atoms with Gasteiger partial charge in [0.2, 0.25) is 11.1 Å². The molecule has 0 unspecified atom stereocenters. The summed E-state index contributed by atoms with van der Waals surface area (Å²) >= 11 is 3.00. The van der Waals surface area contributed by atoms with Crippen molar-refractivity contribution in [3.63, 3.8) is 0 Å². The topological polar surface area (TPSA) is 76.8 Å². The van der Waals surface area contributed by atoms with Crippen LogP contribution in [-0.2, 0) is 10.5 Å². The molecular weight excluding hydrogens is 368 g/mol. The van der Waals surface area contributed by atoms with Gasteiger partial charge in [-0.2, -0.15) is 4.68 Å². The van der Waals surface area contributed by atoms with E-state index in [1.54, 1.807) is 16.5 Å². The number of rotatable bonds is 6. The average molecular weight is 389 g/mol. The van der Waals surface area contributed by atoms with Crippen LogP contribution in [0.3, 0.4) is 0 Å². The first-order valence-corrected chi connectivity index (χ1v) is 10.1. The van der Waals surface area contributed by atoms with Crippen molar-refractivity contribution in [1.82, 2.24) is 25.2 Å². The number of thioether (sulfide) groups is 1. The lowest BCUT2D eigenvalue weighted by atomic mass is 10.1. The second kappa shape index (κ2) is 7.96. The Labute approximate surface area is 160 Å². The highest BCUT2D eigenvalue weighted by molar-refractivity contribution is 7.98. The van der Waals surface area contributed by atoms with Gasteiger partial charge in [-0.1, -0.05) is 29.5 Å². The molecule has 2 aromatic heterocycles. The van der Waals surface area contributed by atoms with E-state index in [9.17, 15) is 4.79 Å². The van der Waals surface area contributed by atoms with Crippen molar-refractivity contribution in [2.24, 2.45) is 0 Å². The molecule has 0 saturated carbocycles. The quantitative estimate of drug-likeness (QED) is 0.602. The third-order valence-electron chi connectivity index (χ3n) is 3.84. The van der Waals surface area contributed by atoms with Crippen LogP contribution >= 0.6 is 23.1 Å². The lowest BCUT2D eigenvalue weighted by molar-refractivity contribution is -0.116. The van der Waals surface area contributed by atoms with Gasteiger partial charge in [0.05, 0.1) is 11.4 Å². The van der Waals surface area contributed by atoms with E-state index in [0.29, 0.717) is 17.5 Å². The van der Waals surface area contributed by atoms with Gasteiger partial charge >= 0.3 is 0 Å². The largest absolute Gasteiger partial charge is 0.289 e. The van der Waals surface area contributed by atoms with Crippen molar-refractivity contribution in [2.45, 2.75) is 38.6 Å². The maximum absolute atomic E-state index is 11.6. The van der Waals surface area contributed by atoms with E-state index in [4.69, 9.17) is 0 Å². The van der Waals surface area contributed by atoms with Gasteiger partial charge in [-0.3, -0.25) is 9.69 Å². The normalized spacial score (nSPS) is 10.9. The molecule has 136 valence electrons. The highest BCUT2D eigenvalue weighted by atomic mass is 32.2. The molecule has 0 aliphatic carbocycles. The molecule has 0 spiro atoms. The number of benzene rings is 1. The molecule has 9 heteroatoms. The van der Waals surface area contributed by atoms with Crippen LogP contribution in [0.15, 0.2) is 28.7 Å². The monoisotopic (exact) mass is 388 g/mol. The standard InChI is InChI=1S/C17H20N6OS2/c1-5-22(13(4)24)16-18-14(9-25-16)10-26-17-19-20-21-23(17)15-7-6-11(2)8-12(15)3/h6-9H,5,10H2,1-4H3. The molecule has 3 rings (SSSR count). The number of tetrazole rings is 1. The number of hydrogen-bond donors (Lipinski definition) is 0. The van der Waals surface area contributed by atoms with E-state index in [2.05, 4.69) is 33.5 Å². The summed E-state index contributed by atoms with van der Waals surface area (Å²) in [6.45, 7) is 8.21. The number of carbonyl (C=O) groups is 1. The van der Waals surface area contributed by atoms with Gasteiger partial charge < -0.3 is 0 Å². The van der Waals surface area contributed by atoms with Crippen molar-refractivity contribution in [3.05, 3.63) is 40.4 Å². The van der Waals surface area contributed by atoms with Crippen molar-refractivity contribution in [1.29, 1.82) is 0 Å². The first-order valence-electron chi connectivity index (χ1n) is 8.21. The second-order valence-electron chi connectivity index (χ2n) is 5.84. The summed E-state index contributed by atoms with van der Waals surface area (Å²) in [7, 11) is 0. The minimum Gasteiger partial charge on any atom is -0.289 e. The van der Waals surface area contributed by atoms with Gasteiger partial charge in [-0.05, 0) is 42.8 Å². The minimum absolute atomic E-state index is 0.000146. The molecule has 26 heavy (non-hydrogen) atoms. The Kier molecular flexibility index (Phi) is 5.67. The number of aryl methyl sites for hydroxylation is 2. The fraction of sp³-hybridized carbons (Fsp3) is 0.353. The highest BCUT2D eigenvalue weighted by Gasteiger charge is 2.15. The molecule has 0 atom stereocenters. The minimum atomic E-state index is -0.000146. The summed E-state index contributed by atoms with van der Waals surface area (Å²) < 4.78 is 1.75. The van der Waals surface area contributed by atoms with Crippen molar-refractivity contribution in [3.8, 4) is 5.69 Å². The molecule has 0 aliphatic rings. The highest BCUT2D eigenvalue weighted by Crippen LogP contribution is 2.27. The van der Waals surface area contributed by atoms with Crippen LogP contribution in [0.25, 0.3) is 5.69 Å². The molecule has 7 nitrogen and oxygen atoms in total. The zero-order chi connectivity index (χ0) is 18.7. The first-order chi connectivity index (χ1) is 12.5. The summed E-state index contributed by atoms with van der Waals surface area (Å²) in [5.74, 6) is 0.636. The van der Waals surface area contributed by atoms with Crippen LogP contribution in [0.1, 0.15) is 30.7 Å². The fourth-order valence-corrected chi connectivity index (χ4v) is 4.39. The Hall–Kier alpha value is -2.26. The Morgan fingerprint density at radius 3 is 2.85 bits per heavy atom. The first kappa shape index (κ1) is 18.5. The zero-order valence-corrected chi connectivity index (χ0v) is 16.8. The molecule has 0 N–H and O–H groups in total. The van der Waals surface area contributed by atoms with E-state index < -0.39 is 0 Å². The predicted molar refractivity (Wildman–Crippen MR) is 104 cm³/mol. The molecule has 0 bridgehead atoms. The van der Waals surface area contributed by atoms with Crippen LogP contribution in [0, 0.1) is 13.8 Å². The summed E-state index contributed by atoms with van der Waals surface area (Å²) in [5.41, 5.74) is 4.20. The number of anilines is 1. The van der Waals surface area contributed by atoms with Gasteiger partial charge in [-0.15, -0.1) is 16.4 Å². The Morgan fingerprint density at radius 1 is 1.35 bits per heavy atom. The number of aromatic nitrogens is 5. The number of thiazole rings is 1. The third-order valence-corrected chi connectivity index (χ3v) is 5.70. The molecule has 0 saturated heterocycles. The number of carbonyl (C=O) groups excluding carboxylic acids is 1. The SMILES string of the molecule is CCN(C(C)=O)c1nc(CSc2nnnn2-c2ccc(C)cc2C)cs1. The summed E-state index contributed by atoms with van der Waals surface area (Å²) in [6, 6.07) is 6.18. The lowest BCUT2D eigenvalue weighted by Gasteiger charge is -2.14. The van der Waals surface area contributed by atoms with Gasteiger partial charge in [0.25, 0.3) is 0 Å².